The van der Waals surface area contributed by atoms with Gasteiger partial charge in [-0.25, -0.2) is 0 Å². The van der Waals surface area contributed by atoms with Gasteiger partial charge in [0.2, 0.25) is 5.91 Å². The number of carbonyl (C=O) groups excluding carboxylic acids is 1. The Labute approximate surface area is 157 Å². The van der Waals surface area contributed by atoms with Gasteiger partial charge < -0.3 is 10.1 Å². The van der Waals surface area contributed by atoms with E-state index in [0.29, 0.717) is 6.54 Å². The summed E-state index contributed by atoms with van der Waals surface area (Å²) < 4.78 is 5.58. The zero-order chi connectivity index (χ0) is 18.2. The van der Waals surface area contributed by atoms with Crippen LogP contribution < -0.4 is 10.1 Å². The third-order valence-electron chi connectivity index (χ3n) is 5.34. The first-order valence-electron chi connectivity index (χ1n) is 10.2. The fourth-order valence-electron chi connectivity index (χ4n) is 3.74. The molecule has 0 bridgehead atoms. The quantitative estimate of drug-likeness (QED) is 0.688. The van der Waals surface area contributed by atoms with Crippen LogP contribution in [0.2, 0.25) is 0 Å². The van der Waals surface area contributed by atoms with Gasteiger partial charge in [0.1, 0.15) is 5.75 Å². The zero-order valence-electron chi connectivity index (χ0n) is 16.1. The van der Waals surface area contributed by atoms with Crippen LogP contribution in [-0.4, -0.2) is 61.6 Å². The summed E-state index contributed by atoms with van der Waals surface area (Å²) in [6.07, 6.45) is 5.83. The summed E-state index contributed by atoms with van der Waals surface area (Å²) in [7, 11) is 0. The Kier molecular flexibility index (Phi) is 7.32. The number of ether oxygens (including phenoxy) is 1. The predicted octanol–water partition coefficient (Wildman–Crippen LogP) is 2.44. The molecule has 0 radical (unpaired) electrons. The molecule has 5 nitrogen and oxygen atoms in total. The standard InChI is InChI=1S/C21H33N3O2/c1-2-3-4-5-9-22-21(25)17-24-12-10-23(11-13-24)16-18-6-7-20-19(15-18)8-14-26-20/h6-7,15H,2-5,8-14,16-17H2,1H3,(H,22,25). The van der Waals surface area contributed by atoms with Crippen molar-refractivity contribution in [1.29, 1.82) is 0 Å². The van der Waals surface area contributed by atoms with Crippen LogP contribution in [0.4, 0.5) is 0 Å². The lowest BCUT2D eigenvalue weighted by Gasteiger charge is -2.34. The lowest BCUT2D eigenvalue weighted by molar-refractivity contribution is -0.122. The normalized spacial score (nSPS) is 17.7. The number of rotatable bonds is 9. The molecule has 0 aliphatic carbocycles. The van der Waals surface area contributed by atoms with E-state index < -0.39 is 0 Å². The highest BCUT2D eigenvalue weighted by molar-refractivity contribution is 5.77. The van der Waals surface area contributed by atoms with Crippen LogP contribution in [0.3, 0.4) is 0 Å². The van der Waals surface area contributed by atoms with Crippen molar-refractivity contribution < 1.29 is 9.53 Å². The van der Waals surface area contributed by atoms with Gasteiger partial charge in [0, 0.05) is 45.7 Å². The summed E-state index contributed by atoms with van der Waals surface area (Å²) >= 11 is 0. The van der Waals surface area contributed by atoms with E-state index >= 15 is 0 Å². The number of hydrogen-bond donors (Lipinski definition) is 1. The Balaban J connectivity index is 1.33. The molecule has 0 saturated carbocycles. The van der Waals surface area contributed by atoms with E-state index in [1.54, 1.807) is 0 Å². The summed E-state index contributed by atoms with van der Waals surface area (Å²) in [6, 6.07) is 6.59. The number of fused-ring (bicyclic) bond motifs is 1. The molecule has 0 unspecified atom stereocenters. The third kappa shape index (κ3) is 5.71. The third-order valence-corrected chi connectivity index (χ3v) is 5.34. The SMILES string of the molecule is CCCCCCNC(=O)CN1CCN(Cc2ccc3c(c2)CCO3)CC1. The number of benzene rings is 1. The van der Waals surface area contributed by atoms with Gasteiger partial charge >= 0.3 is 0 Å². The Morgan fingerprint density at radius 3 is 2.73 bits per heavy atom. The molecule has 2 heterocycles. The van der Waals surface area contributed by atoms with Crippen molar-refractivity contribution in [3.05, 3.63) is 29.3 Å². The summed E-state index contributed by atoms with van der Waals surface area (Å²) in [4.78, 5) is 16.8. The number of unbranched alkanes of at least 4 members (excludes halogenated alkanes) is 3. The van der Waals surface area contributed by atoms with Crippen molar-refractivity contribution in [2.45, 2.75) is 45.6 Å². The summed E-state index contributed by atoms with van der Waals surface area (Å²) in [5.74, 6) is 1.23. The van der Waals surface area contributed by atoms with Gasteiger partial charge in [0.25, 0.3) is 0 Å². The maximum Gasteiger partial charge on any atom is 0.234 e. The minimum Gasteiger partial charge on any atom is -0.493 e. The fraction of sp³-hybridized carbons (Fsp3) is 0.667. The molecule has 1 aromatic rings. The second kappa shape index (κ2) is 9.93. The molecule has 1 N–H and O–H groups in total. The Morgan fingerprint density at radius 1 is 1.12 bits per heavy atom. The van der Waals surface area contributed by atoms with E-state index in [9.17, 15) is 4.79 Å². The van der Waals surface area contributed by atoms with E-state index in [1.165, 1.54) is 30.4 Å². The van der Waals surface area contributed by atoms with E-state index in [0.717, 1.165) is 64.5 Å². The Hall–Kier alpha value is -1.59. The molecule has 1 amide bonds. The molecule has 2 aliphatic heterocycles. The molecule has 26 heavy (non-hydrogen) atoms. The molecule has 0 aromatic heterocycles. The number of carbonyl (C=O) groups is 1. The van der Waals surface area contributed by atoms with Gasteiger partial charge in [-0.1, -0.05) is 38.3 Å². The van der Waals surface area contributed by atoms with Crippen LogP contribution in [0.25, 0.3) is 0 Å². The second-order valence-corrected chi connectivity index (χ2v) is 7.50. The van der Waals surface area contributed by atoms with Gasteiger partial charge in [-0.2, -0.15) is 0 Å². The zero-order valence-corrected chi connectivity index (χ0v) is 16.1. The molecule has 1 fully saturated rings. The second-order valence-electron chi connectivity index (χ2n) is 7.50. The first-order valence-corrected chi connectivity index (χ1v) is 10.2. The van der Waals surface area contributed by atoms with Crippen molar-refractivity contribution in [2.75, 3.05) is 45.9 Å². The van der Waals surface area contributed by atoms with Crippen molar-refractivity contribution in [2.24, 2.45) is 0 Å². The first-order chi connectivity index (χ1) is 12.7. The maximum absolute atomic E-state index is 12.0. The maximum atomic E-state index is 12.0. The van der Waals surface area contributed by atoms with Crippen LogP contribution in [0.5, 0.6) is 5.75 Å². The summed E-state index contributed by atoms with van der Waals surface area (Å²) in [5, 5.41) is 3.06. The van der Waals surface area contributed by atoms with Gasteiger partial charge in [0.15, 0.2) is 0 Å². The van der Waals surface area contributed by atoms with E-state index in [1.807, 2.05) is 0 Å². The van der Waals surface area contributed by atoms with Crippen LogP contribution in [0.1, 0.15) is 43.7 Å². The molecule has 0 atom stereocenters. The molecule has 5 heteroatoms. The largest absolute Gasteiger partial charge is 0.493 e. The van der Waals surface area contributed by atoms with Gasteiger partial charge in [-0.15, -0.1) is 0 Å². The number of amides is 1. The molecule has 144 valence electrons. The molecule has 1 aromatic carbocycles. The summed E-state index contributed by atoms with van der Waals surface area (Å²) in [5.41, 5.74) is 2.71. The van der Waals surface area contributed by atoms with Gasteiger partial charge in [-0.05, 0) is 23.6 Å². The van der Waals surface area contributed by atoms with Crippen LogP contribution in [0.15, 0.2) is 18.2 Å². The van der Waals surface area contributed by atoms with Crippen LogP contribution in [0, 0.1) is 0 Å². The molecular weight excluding hydrogens is 326 g/mol. The molecule has 1 saturated heterocycles. The highest BCUT2D eigenvalue weighted by Crippen LogP contribution is 2.26. The number of hydrogen-bond acceptors (Lipinski definition) is 4. The molecule has 3 rings (SSSR count). The predicted molar refractivity (Wildman–Crippen MR) is 105 cm³/mol. The Morgan fingerprint density at radius 2 is 1.92 bits per heavy atom. The average Bonchev–Trinajstić information content (AvgIpc) is 3.11. The number of piperazine rings is 1. The Bertz CT molecular complexity index is 583. The van der Waals surface area contributed by atoms with Crippen molar-refractivity contribution in [1.82, 2.24) is 15.1 Å². The van der Waals surface area contributed by atoms with Crippen LogP contribution >= 0.6 is 0 Å². The lowest BCUT2D eigenvalue weighted by atomic mass is 10.1. The number of nitrogens with one attached hydrogen (secondary N) is 1. The summed E-state index contributed by atoms with van der Waals surface area (Å²) in [6.45, 7) is 9.36. The van der Waals surface area contributed by atoms with E-state index in [2.05, 4.69) is 40.2 Å². The van der Waals surface area contributed by atoms with Crippen molar-refractivity contribution >= 4 is 5.91 Å². The molecule has 0 spiro atoms. The molecule has 2 aliphatic rings. The highest BCUT2D eigenvalue weighted by atomic mass is 16.5. The smallest absolute Gasteiger partial charge is 0.234 e. The van der Waals surface area contributed by atoms with Crippen LogP contribution in [-0.2, 0) is 17.8 Å². The number of nitrogens with zero attached hydrogens (tertiary/aromatic N) is 2. The fourth-order valence-corrected chi connectivity index (χ4v) is 3.74. The van der Waals surface area contributed by atoms with Gasteiger partial charge in [-0.3, -0.25) is 14.6 Å². The topological polar surface area (TPSA) is 44.8 Å². The van der Waals surface area contributed by atoms with Crippen molar-refractivity contribution in [3.63, 3.8) is 0 Å². The van der Waals surface area contributed by atoms with Crippen molar-refractivity contribution in [3.8, 4) is 5.75 Å². The van der Waals surface area contributed by atoms with E-state index in [-0.39, 0.29) is 5.91 Å². The van der Waals surface area contributed by atoms with Gasteiger partial charge in [0.05, 0.1) is 13.2 Å². The first kappa shape index (κ1) is 19.2. The minimum atomic E-state index is 0.175. The lowest BCUT2D eigenvalue weighted by Crippen LogP contribution is -2.49. The minimum absolute atomic E-state index is 0.175. The monoisotopic (exact) mass is 359 g/mol. The van der Waals surface area contributed by atoms with E-state index in [4.69, 9.17) is 4.74 Å². The molecular formula is C21H33N3O2. The highest BCUT2D eigenvalue weighted by Gasteiger charge is 2.19. The average molecular weight is 360 g/mol.